The third-order valence-corrected chi connectivity index (χ3v) is 3.79. The van der Waals surface area contributed by atoms with E-state index in [4.69, 9.17) is 0 Å². The van der Waals surface area contributed by atoms with Gasteiger partial charge in [-0.3, -0.25) is 0 Å². The molecule has 2 heterocycles. The molecule has 0 saturated carbocycles. The summed E-state index contributed by atoms with van der Waals surface area (Å²) in [5.41, 5.74) is 0.306. The van der Waals surface area contributed by atoms with Crippen molar-refractivity contribution in [1.82, 2.24) is 14.9 Å². The number of aromatic nitrogens is 2. The van der Waals surface area contributed by atoms with Crippen LogP contribution in [0, 0.1) is 0 Å². The fourth-order valence-corrected chi connectivity index (χ4v) is 2.28. The van der Waals surface area contributed by atoms with Gasteiger partial charge in [0.15, 0.2) is 0 Å². The number of aryl methyl sites for hydroxylation is 1. The van der Waals surface area contributed by atoms with E-state index in [1.807, 2.05) is 6.20 Å². The lowest BCUT2D eigenvalue weighted by Crippen LogP contribution is -2.50. The monoisotopic (exact) mass is 222 g/mol. The summed E-state index contributed by atoms with van der Waals surface area (Å²) in [7, 11) is 2.06. The average Bonchev–Trinajstić information content (AvgIpc) is 2.78. The molecule has 1 aliphatic heterocycles. The van der Waals surface area contributed by atoms with Gasteiger partial charge in [-0.05, 0) is 33.7 Å². The Kier molecular flexibility index (Phi) is 3.19. The smallest absolute Gasteiger partial charge is 0.205 e. The van der Waals surface area contributed by atoms with E-state index in [0.717, 1.165) is 25.6 Å². The molecule has 1 aliphatic rings. The maximum absolute atomic E-state index is 4.45. The summed E-state index contributed by atoms with van der Waals surface area (Å²) in [6.45, 7) is 7.64. The summed E-state index contributed by atoms with van der Waals surface area (Å²) in [5.74, 6) is 1.13. The zero-order valence-corrected chi connectivity index (χ0v) is 10.5. The predicted octanol–water partition coefficient (Wildman–Crippen LogP) is 1.48. The van der Waals surface area contributed by atoms with Crippen molar-refractivity contribution in [3.05, 3.63) is 12.4 Å². The molecule has 4 nitrogen and oxygen atoms in total. The third kappa shape index (κ3) is 2.07. The maximum Gasteiger partial charge on any atom is 0.205 e. The van der Waals surface area contributed by atoms with Crippen LogP contribution < -0.4 is 10.2 Å². The molecule has 2 rings (SSSR count). The van der Waals surface area contributed by atoms with E-state index < -0.39 is 0 Å². The van der Waals surface area contributed by atoms with E-state index in [9.17, 15) is 0 Å². The van der Waals surface area contributed by atoms with Crippen LogP contribution in [0.5, 0.6) is 0 Å². The van der Waals surface area contributed by atoms with Gasteiger partial charge in [-0.25, -0.2) is 4.98 Å². The number of hydrogen-bond donors (Lipinski definition) is 1. The Balaban J connectivity index is 2.04. The molecule has 1 fully saturated rings. The van der Waals surface area contributed by atoms with E-state index in [1.54, 1.807) is 0 Å². The number of anilines is 1. The van der Waals surface area contributed by atoms with Gasteiger partial charge >= 0.3 is 0 Å². The Bertz CT molecular complexity index is 337. The van der Waals surface area contributed by atoms with Crippen LogP contribution in [0.4, 0.5) is 5.95 Å². The second-order valence-corrected chi connectivity index (χ2v) is 4.81. The largest absolute Gasteiger partial charge is 0.342 e. The molecule has 0 aliphatic carbocycles. The molecule has 1 saturated heterocycles. The summed E-state index contributed by atoms with van der Waals surface area (Å²) < 4.78 is 2.21. The van der Waals surface area contributed by atoms with Crippen LogP contribution in [0.15, 0.2) is 12.4 Å². The quantitative estimate of drug-likeness (QED) is 0.841. The zero-order valence-electron chi connectivity index (χ0n) is 10.5. The number of nitrogens with one attached hydrogen (secondary N) is 1. The fourth-order valence-electron chi connectivity index (χ4n) is 2.28. The van der Waals surface area contributed by atoms with Crippen molar-refractivity contribution in [2.75, 3.05) is 25.0 Å². The van der Waals surface area contributed by atoms with Crippen molar-refractivity contribution in [2.24, 2.45) is 0 Å². The molecule has 0 amide bonds. The minimum absolute atomic E-state index is 0.306. The van der Waals surface area contributed by atoms with Crippen molar-refractivity contribution < 1.29 is 0 Å². The highest BCUT2D eigenvalue weighted by molar-refractivity contribution is 5.32. The Labute approximate surface area is 97.7 Å². The second kappa shape index (κ2) is 4.45. The van der Waals surface area contributed by atoms with Crippen molar-refractivity contribution in [2.45, 2.75) is 38.8 Å². The Morgan fingerprint density at radius 1 is 1.44 bits per heavy atom. The minimum Gasteiger partial charge on any atom is -0.342 e. The highest BCUT2D eigenvalue weighted by Gasteiger charge is 2.29. The Morgan fingerprint density at radius 3 is 2.69 bits per heavy atom. The lowest BCUT2D eigenvalue weighted by atomic mass is 9.90. The van der Waals surface area contributed by atoms with Gasteiger partial charge in [0.1, 0.15) is 0 Å². The molecule has 0 spiro atoms. The van der Waals surface area contributed by atoms with E-state index in [-0.39, 0.29) is 0 Å². The van der Waals surface area contributed by atoms with Gasteiger partial charge in [-0.15, -0.1) is 0 Å². The maximum atomic E-state index is 4.45. The molecule has 0 radical (unpaired) electrons. The van der Waals surface area contributed by atoms with Crippen LogP contribution in [-0.2, 0) is 6.54 Å². The number of rotatable bonds is 3. The van der Waals surface area contributed by atoms with Gasteiger partial charge in [0.05, 0.1) is 0 Å². The highest BCUT2D eigenvalue weighted by atomic mass is 15.3. The normalized spacial score (nSPS) is 20.1. The molecule has 90 valence electrons. The van der Waals surface area contributed by atoms with Gasteiger partial charge in [0.25, 0.3) is 0 Å². The van der Waals surface area contributed by atoms with Crippen LogP contribution >= 0.6 is 0 Å². The first-order chi connectivity index (χ1) is 7.68. The minimum atomic E-state index is 0.306. The van der Waals surface area contributed by atoms with Crippen molar-refractivity contribution in [3.63, 3.8) is 0 Å². The van der Waals surface area contributed by atoms with Gasteiger partial charge in [0.2, 0.25) is 5.95 Å². The van der Waals surface area contributed by atoms with Crippen molar-refractivity contribution in [1.29, 1.82) is 0 Å². The molecule has 0 bridgehead atoms. The molecule has 1 aromatic rings. The molecule has 0 atom stereocenters. The van der Waals surface area contributed by atoms with Gasteiger partial charge in [-0.1, -0.05) is 0 Å². The summed E-state index contributed by atoms with van der Waals surface area (Å²) in [5, 5.41) is 3.42. The average molecular weight is 222 g/mol. The van der Waals surface area contributed by atoms with Crippen molar-refractivity contribution in [3.8, 4) is 0 Å². The van der Waals surface area contributed by atoms with Gasteiger partial charge < -0.3 is 14.8 Å². The lowest BCUT2D eigenvalue weighted by Gasteiger charge is -2.39. The van der Waals surface area contributed by atoms with Crippen LogP contribution in [0.25, 0.3) is 0 Å². The Morgan fingerprint density at radius 2 is 2.12 bits per heavy atom. The summed E-state index contributed by atoms with van der Waals surface area (Å²) in [4.78, 5) is 6.84. The molecule has 0 unspecified atom stereocenters. The first-order valence-corrected chi connectivity index (χ1v) is 6.13. The molecular weight excluding hydrogens is 200 g/mol. The van der Waals surface area contributed by atoms with E-state index in [1.165, 1.54) is 12.8 Å². The van der Waals surface area contributed by atoms with Crippen LogP contribution in [0.2, 0.25) is 0 Å². The SMILES string of the molecule is CCn1ccnc1N1CCC(C)(NC)CC1. The number of hydrogen-bond acceptors (Lipinski definition) is 3. The van der Waals surface area contributed by atoms with Crippen LogP contribution in [0.3, 0.4) is 0 Å². The highest BCUT2D eigenvalue weighted by Crippen LogP contribution is 2.24. The third-order valence-electron chi connectivity index (χ3n) is 3.79. The first kappa shape index (κ1) is 11.5. The zero-order chi connectivity index (χ0) is 11.6. The summed E-state index contributed by atoms with van der Waals surface area (Å²) in [6, 6.07) is 0. The molecule has 1 aromatic heterocycles. The van der Waals surface area contributed by atoms with E-state index >= 15 is 0 Å². The van der Waals surface area contributed by atoms with E-state index in [0.29, 0.717) is 5.54 Å². The molecular formula is C12H22N4. The number of imidazole rings is 1. The topological polar surface area (TPSA) is 33.1 Å². The van der Waals surface area contributed by atoms with Gasteiger partial charge in [0, 0.05) is 37.6 Å². The Hall–Kier alpha value is -1.03. The second-order valence-electron chi connectivity index (χ2n) is 4.81. The lowest BCUT2D eigenvalue weighted by molar-refractivity contribution is 0.302. The van der Waals surface area contributed by atoms with Crippen LogP contribution in [-0.4, -0.2) is 35.2 Å². The number of nitrogens with zero attached hydrogens (tertiary/aromatic N) is 3. The van der Waals surface area contributed by atoms with E-state index in [2.05, 4.69) is 46.9 Å². The summed E-state index contributed by atoms with van der Waals surface area (Å²) in [6.07, 6.45) is 6.31. The van der Waals surface area contributed by atoms with Crippen LogP contribution in [0.1, 0.15) is 26.7 Å². The molecule has 4 heteroatoms. The van der Waals surface area contributed by atoms with Crippen molar-refractivity contribution >= 4 is 5.95 Å². The predicted molar refractivity (Wildman–Crippen MR) is 66.8 cm³/mol. The first-order valence-electron chi connectivity index (χ1n) is 6.13. The molecule has 16 heavy (non-hydrogen) atoms. The van der Waals surface area contributed by atoms with Gasteiger partial charge in [-0.2, -0.15) is 0 Å². The number of piperidine rings is 1. The standard InChI is InChI=1S/C12H22N4/c1-4-15-10-7-14-11(15)16-8-5-12(2,13-3)6-9-16/h7,10,13H,4-6,8-9H2,1-3H3. The fraction of sp³-hybridized carbons (Fsp3) is 0.750. The molecule has 0 aromatic carbocycles. The molecule has 1 N–H and O–H groups in total. The summed E-state index contributed by atoms with van der Waals surface area (Å²) >= 11 is 0.